The Balaban J connectivity index is 2.36. The number of aromatic nitrogens is 2. The van der Waals surface area contributed by atoms with Gasteiger partial charge in [0.15, 0.2) is 10.8 Å². The third kappa shape index (κ3) is 2.82. The molecule has 0 bridgehead atoms. The lowest BCUT2D eigenvalue weighted by Crippen LogP contribution is -2.45. The van der Waals surface area contributed by atoms with Crippen LogP contribution in [0.1, 0.15) is 32.9 Å². The van der Waals surface area contributed by atoms with E-state index >= 15 is 0 Å². The van der Waals surface area contributed by atoms with Gasteiger partial charge in [-0.15, -0.1) is 11.3 Å². The maximum atomic E-state index is 9.57. The summed E-state index contributed by atoms with van der Waals surface area (Å²) in [6.07, 6.45) is 3.16. The summed E-state index contributed by atoms with van der Waals surface area (Å²) in [5.41, 5.74) is 0.822. The van der Waals surface area contributed by atoms with E-state index in [2.05, 4.69) is 27.7 Å². The van der Waals surface area contributed by atoms with Crippen LogP contribution in [-0.2, 0) is 6.54 Å². The zero-order valence-corrected chi connectivity index (χ0v) is 13.5. The van der Waals surface area contributed by atoms with Crippen LogP contribution in [0.4, 0.5) is 5.82 Å². The third-order valence-electron chi connectivity index (χ3n) is 3.67. The molecule has 0 radical (unpaired) electrons. The minimum absolute atomic E-state index is 0.0938. The van der Waals surface area contributed by atoms with Gasteiger partial charge in [-0.05, 0) is 26.8 Å². The first-order chi connectivity index (χ1) is 9.51. The van der Waals surface area contributed by atoms with Crippen LogP contribution in [0.25, 0.3) is 4.96 Å². The van der Waals surface area contributed by atoms with E-state index in [1.54, 1.807) is 11.3 Å². The lowest BCUT2D eigenvalue weighted by Gasteiger charge is -2.34. The second kappa shape index (κ2) is 6.11. The predicted molar refractivity (Wildman–Crippen MR) is 84.6 cm³/mol. The number of aliphatic hydroxyl groups is 1. The third-order valence-corrected chi connectivity index (χ3v) is 4.43. The van der Waals surface area contributed by atoms with Gasteiger partial charge in [-0.25, -0.2) is 4.98 Å². The molecule has 2 aromatic heterocycles. The van der Waals surface area contributed by atoms with Crippen LogP contribution in [0.2, 0.25) is 0 Å². The molecule has 0 saturated heterocycles. The molecule has 2 rings (SSSR count). The molecular weight excluding hydrogens is 272 g/mol. The van der Waals surface area contributed by atoms with Crippen LogP contribution in [0.3, 0.4) is 0 Å². The van der Waals surface area contributed by atoms with Gasteiger partial charge in [-0.1, -0.05) is 6.92 Å². The number of anilines is 1. The zero-order chi connectivity index (χ0) is 14.8. The Morgan fingerprint density at radius 3 is 2.90 bits per heavy atom. The van der Waals surface area contributed by atoms with Crippen LogP contribution in [0.5, 0.6) is 0 Å². The SMILES string of the molecule is CCCNCc1c(N(C)C(C)(C)CO)nc2sccn12. The largest absolute Gasteiger partial charge is 0.394 e. The first-order valence-corrected chi connectivity index (χ1v) is 7.89. The Labute approximate surface area is 124 Å². The normalized spacial score (nSPS) is 12.2. The van der Waals surface area contributed by atoms with Crippen molar-refractivity contribution >= 4 is 22.1 Å². The van der Waals surface area contributed by atoms with E-state index in [0.29, 0.717) is 0 Å². The number of thiazole rings is 1. The number of fused-ring (bicyclic) bond motifs is 1. The van der Waals surface area contributed by atoms with Crippen molar-refractivity contribution in [3.63, 3.8) is 0 Å². The highest BCUT2D eigenvalue weighted by atomic mass is 32.1. The molecule has 0 aromatic carbocycles. The Hall–Kier alpha value is -1.11. The second-order valence-electron chi connectivity index (χ2n) is 5.64. The van der Waals surface area contributed by atoms with Crippen LogP contribution >= 0.6 is 11.3 Å². The maximum Gasteiger partial charge on any atom is 0.195 e. The summed E-state index contributed by atoms with van der Waals surface area (Å²) < 4.78 is 2.13. The van der Waals surface area contributed by atoms with Crippen molar-refractivity contribution in [1.82, 2.24) is 14.7 Å². The van der Waals surface area contributed by atoms with Gasteiger partial charge in [0.25, 0.3) is 0 Å². The second-order valence-corrected chi connectivity index (χ2v) is 6.52. The average Bonchev–Trinajstić information content (AvgIpc) is 3.00. The van der Waals surface area contributed by atoms with Gasteiger partial charge < -0.3 is 15.3 Å². The molecule has 0 amide bonds. The molecule has 2 N–H and O–H groups in total. The summed E-state index contributed by atoms with van der Waals surface area (Å²) in [6.45, 7) is 8.06. The van der Waals surface area contributed by atoms with Crippen LogP contribution in [0.15, 0.2) is 11.6 Å². The number of likely N-dealkylation sites (N-methyl/N-ethyl adjacent to an activating group) is 1. The summed E-state index contributed by atoms with van der Waals surface area (Å²) in [6, 6.07) is 0. The molecule has 0 aliphatic carbocycles. The van der Waals surface area contributed by atoms with Crippen molar-refractivity contribution in [2.75, 3.05) is 25.1 Å². The number of nitrogens with zero attached hydrogens (tertiary/aromatic N) is 3. The van der Waals surface area contributed by atoms with Gasteiger partial charge in [-0.3, -0.25) is 4.40 Å². The lowest BCUT2D eigenvalue weighted by molar-refractivity contribution is 0.215. The van der Waals surface area contributed by atoms with E-state index in [1.807, 2.05) is 26.3 Å². The Bertz CT molecular complexity index is 561. The Morgan fingerprint density at radius 1 is 1.50 bits per heavy atom. The predicted octanol–water partition coefficient (Wildman–Crippen LogP) is 2.10. The van der Waals surface area contributed by atoms with Crippen molar-refractivity contribution in [2.45, 2.75) is 39.3 Å². The summed E-state index contributed by atoms with van der Waals surface area (Å²) in [5, 5.41) is 15.1. The van der Waals surface area contributed by atoms with E-state index in [4.69, 9.17) is 4.98 Å². The van der Waals surface area contributed by atoms with Gasteiger partial charge in [-0.2, -0.15) is 0 Å². The highest BCUT2D eigenvalue weighted by Gasteiger charge is 2.27. The molecule has 0 aliphatic rings. The van der Waals surface area contributed by atoms with Gasteiger partial charge in [0.05, 0.1) is 17.8 Å². The minimum atomic E-state index is -0.330. The molecule has 2 aromatic rings. The first kappa shape index (κ1) is 15.3. The highest BCUT2D eigenvalue weighted by Crippen LogP contribution is 2.28. The summed E-state index contributed by atoms with van der Waals surface area (Å²) >= 11 is 1.63. The van der Waals surface area contributed by atoms with Crippen molar-refractivity contribution in [2.24, 2.45) is 0 Å². The van der Waals surface area contributed by atoms with Gasteiger partial charge in [0.1, 0.15) is 0 Å². The Morgan fingerprint density at radius 2 is 2.25 bits per heavy atom. The highest BCUT2D eigenvalue weighted by molar-refractivity contribution is 7.15. The fraction of sp³-hybridized carbons (Fsp3) is 0.643. The van der Waals surface area contributed by atoms with Crippen molar-refractivity contribution in [3.8, 4) is 0 Å². The molecule has 0 saturated carbocycles. The van der Waals surface area contributed by atoms with Gasteiger partial charge >= 0.3 is 0 Å². The molecule has 20 heavy (non-hydrogen) atoms. The molecule has 2 heterocycles. The summed E-state index contributed by atoms with van der Waals surface area (Å²) in [7, 11) is 1.99. The minimum Gasteiger partial charge on any atom is -0.394 e. The zero-order valence-electron chi connectivity index (χ0n) is 12.7. The average molecular weight is 296 g/mol. The molecule has 6 heteroatoms. The fourth-order valence-corrected chi connectivity index (χ4v) is 2.76. The summed E-state index contributed by atoms with van der Waals surface area (Å²) in [5.74, 6) is 0.944. The van der Waals surface area contributed by atoms with E-state index in [9.17, 15) is 5.11 Å². The number of hydrogen-bond acceptors (Lipinski definition) is 5. The molecule has 5 nitrogen and oxygen atoms in total. The molecule has 0 atom stereocenters. The number of nitrogens with one attached hydrogen (secondary N) is 1. The molecule has 112 valence electrons. The molecule has 0 unspecified atom stereocenters. The van der Waals surface area contributed by atoms with E-state index < -0.39 is 0 Å². The van der Waals surface area contributed by atoms with Crippen LogP contribution in [0, 0.1) is 0 Å². The first-order valence-electron chi connectivity index (χ1n) is 7.01. The topological polar surface area (TPSA) is 52.8 Å². The maximum absolute atomic E-state index is 9.57. The molecular formula is C14H24N4OS. The summed E-state index contributed by atoms with van der Waals surface area (Å²) in [4.78, 5) is 7.78. The van der Waals surface area contributed by atoms with Crippen molar-refractivity contribution in [1.29, 1.82) is 0 Å². The molecule has 0 fully saturated rings. The Kier molecular flexibility index (Phi) is 4.67. The van der Waals surface area contributed by atoms with E-state index in [-0.39, 0.29) is 12.1 Å². The molecule has 0 spiro atoms. The number of hydrogen-bond donors (Lipinski definition) is 2. The quantitative estimate of drug-likeness (QED) is 0.768. The van der Waals surface area contributed by atoms with Gasteiger partial charge in [0, 0.05) is 25.2 Å². The van der Waals surface area contributed by atoms with Crippen LogP contribution < -0.4 is 10.2 Å². The lowest BCUT2D eigenvalue weighted by atomic mass is 10.1. The van der Waals surface area contributed by atoms with Gasteiger partial charge in [0.2, 0.25) is 0 Å². The van der Waals surface area contributed by atoms with Crippen molar-refractivity contribution < 1.29 is 5.11 Å². The number of rotatable bonds is 7. The van der Waals surface area contributed by atoms with Crippen LogP contribution in [-0.4, -0.2) is 40.2 Å². The monoisotopic (exact) mass is 296 g/mol. The number of imidazole rings is 1. The molecule has 0 aliphatic heterocycles. The van der Waals surface area contributed by atoms with E-state index in [0.717, 1.165) is 36.0 Å². The fourth-order valence-electron chi connectivity index (χ4n) is 2.03. The van der Waals surface area contributed by atoms with Crippen molar-refractivity contribution in [3.05, 3.63) is 17.3 Å². The smallest absolute Gasteiger partial charge is 0.195 e. The van der Waals surface area contributed by atoms with E-state index in [1.165, 1.54) is 0 Å². The number of aliphatic hydroxyl groups excluding tert-OH is 1. The standard InChI is InChI=1S/C14H24N4OS/c1-5-6-15-9-11-12(17(4)14(2,3)10-19)16-13-18(11)7-8-20-13/h7-8,15,19H,5-6,9-10H2,1-4H3.